The van der Waals surface area contributed by atoms with E-state index in [1.807, 2.05) is 0 Å². The van der Waals surface area contributed by atoms with Crippen molar-refractivity contribution < 1.29 is 14.7 Å². The number of aromatic nitrogens is 2. The Labute approximate surface area is 102 Å². The molecule has 0 aliphatic carbocycles. The molecular formula is C10H13N3O3S. The maximum Gasteiger partial charge on any atom is 0.330 e. The van der Waals surface area contributed by atoms with Crippen LogP contribution >= 0.6 is 11.8 Å². The fourth-order valence-corrected chi connectivity index (χ4v) is 3.09. The third kappa shape index (κ3) is 2.14. The number of hydrogen-bond acceptors (Lipinski definition) is 4. The van der Waals surface area contributed by atoms with E-state index >= 15 is 0 Å². The average Bonchev–Trinajstić information content (AvgIpc) is 2.87. The monoisotopic (exact) mass is 255 g/mol. The summed E-state index contributed by atoms with van der Waals surface area (Å²) in [5.41, 5.74) is -0.769. The highest BCUT2D eigenvalue weighted by Gasteiger charge is 2.43. The number of aryl methyl sites for hydroxylation is 1. The summed E-state index contributed by atoms with van der Waals surface area (Å²) in [5, 5.41) is 15.7. The van der Waals surface area contributed by atoms with E-state index < -0.39 is 17.4 Å². The highest BCUT2D eigenvalue weighted by atomic mass is 32.2. The van der Waals surface area contributed by atoms with Crippen LogP contribution in [-0.4, -0.2) is 43.8 Å². The van der Waals surface area contributed by atoms with Crippen molar-refractivity contribution in [2.75, 3.05) is 11.5 Å². The summed E-state index contributed by atoms with van der Waals surface area (Å²) in [7, 11) is 1.64. The van der Waals surface area contributed by atoms with Crippen LogP contribution in [0.15, 0.2) is 12.3 Å². The topological polar surface area (TPSA) is 84.2 Å². The van der Waals surface area contributed by atoms with Crippen molar-refractivity contribution in [3.8, 4) is 0 Å². The molecule has 2 heterocycles. The van der Waals surface area contributed by atoms with Gasteiger partial charge in [-0.15, -0.1) is 0 Å². The second-order valence-corrected chi connectivity index (χ2v) is 5.09. The van der Waals surface area contributed by atoms with Gasteiger partial charge in [0.2, 0.25) is 0 Å². The SMILES string of the molecule is Cn1nccc1C(=O)N[C@@]1(C(=O)O)CCSC1. The van der Waals surface area contributed by atoms with Gasteiger partial charge in [0.05, 0.1) is 0 Å². The molecule has 0 saturated carbocycles. The van der Waals surface area contributed by atoms with Crippen LogP contribution in [0.4, 0.5) is 0 Å². The molecule has 1 aliphatic heterocycles. The number of carboxylic acids is 1. The van der Waals surface area contributed by atoms with E-state index in [0.29, 0.717) is 17.9 Å². The number of thioether (sulfide) groups is 1. The molecule has 7 heteroatoms. The summed E-state index contributed by atoms with van der Waals surface area (Å²) in [6.07, 6.45) is 1.96. The Balaban J connectivity index is 2.17. The molecule has 1 fully saturated rings. The zero-order valence-electron chi connectivity index (χ0n) is 9.34. The zero-order valence-corrected chi connectivity index (χ0v) is 10.2. The Kier molecular flexibility index (Phi) is 3.10. The number of carbonyl (C=O) groups excluding carboxylic acids is 1. The third-order valence-corrected chi connectivity index (χ3v) is 4.03. The van der Waals surface area contributed by atoms with Gasteiger partial charge in [0.25, 0.3) is 5.91 Å². The molecule has 1 amide bonds. The van der Waals surface area contributed by atoms with Crippen LogP contribution in [0.5, 0.6) is 0 Å². The van der Waals surface area contributed by atoms with Crippen LogP contribution in [-0.2, 0) is 11.8 Å². The number of nitrogens with one attached hydrogen (secondary N) is 1. The first-order valence-corrected chi connectivity index (χ1v) is 6.32. The first kappa shape index (κ1) is 12.0. The average molecular weight is 255 g/mol. The van der Waals surface area contributed by atoms with Crippen LogP contribution in [0.2, 0.25) is 0 Å². The fraction of sp³-hybridized carbons (Fsp3) is 0.500. The van der Waals surface area contributed by atoms with Gasteiger partial charge in [-0.3, -0.25) is 9.48 Å². The quantitative estimate of drug-likeness (QED) is 0.801. The van der Waals surface area contributed by atoms with Gasteiger partial charge < -0.3 is 10.4 Å². The number of rotatable bonds is 3. The van der Waals surface area contributed by atoms with Crippen molar-refractivity contribution in [3.05, 3.63) is 18.0 Å². The van der Waals surface area contributed by atoms with E-state index in [2.05, 4.69) is 10.4 Å². The standard InChI is InChI=1S/C10H13N3O3S/c1-13-7(2-4-11-13)8(14)12-10(9(15)16)3-5-17-6-10/h2,4H,3,5-6H2,1H3,(H,12,14)(H,15,16)/t10-/m0/s1. The zero-order chi connectivity index (χ0) is 12.5. The molecule has 2 N–H and O–H groups in total. The van der Waals surface area contributed by atoms with E-state index in [9.17, 15) is 14.7 Å². The van der Waals surface area contributed by atoms with Crippen molar-refractivity contribution in [1.82, 2.24) is 15.1 Å². The van der Waals surface area contributed by atoms with E-state index in [1.165, 1.54) is 22.6 Å². The van der Waals surface area contributed by atoms with Gasteiger partial charge in [-0.05, 0) is 18.2 Å². The molecule has 0 unspecified atom stereocenters. The number of hydrogen-bond donors (Lipinski definition) is 2. The van der Waals surface area contributed by atoms with Crippen molar-refractivity contribution in [3.63, 3.8) is 0 Å². The number of aliphatic carboxylic acids is 1. The smallest absolute Gasteiger partial charge is 0.330 e. The minimum absolute atomic E-state index is 0.363. The lowest BCUT2D eigenvalue weighted by molar-refractivity contribution is -0.143. The second-order valence-electron chi connectivity index (χ2n) is 3.98. The molecule has 0 spiro atoms. The summed E-state index contributed by atoms with van der Waals surface area (Å²) in [6.45, 7) is 0. The predicted octanol–water partition coefficient (Wildman–Crippen LogP) is 0.110. The number of nitrogens with zero attached hydrogens (tertiary/aromatic N) is 2. The molecule has 1 aromatic heterocycles. The molecular weight excluding hydrogens is 242 g/mol. The van der Waals surface area contributed by atoms with Crippen molar-refractivity contribution >= 4 is 23.6 Å². The molecule has 6 nitrogen and oxygen atoms in total. The maximum absolute atomic E-state index is 11.9. The lowest BCUT2D eigenvalue weighted by Crippen LogP contribution is -2.55. The second kappa shape index (κ2) is 4.40. The van der Waals surface area contributed by atoms with E-state index in [0.717, 1.165) is 5.75 Å². The van der Waals surface area contributed by atoms with Crippen LogP contribution < -0.4 is 5.32 Å². The van der Waals surface area contributed by atoms with Gasteiger partial charge >= 0.3 is 5.97 Å². The molecule has 1 aromatic rings. The van der Waals surface area contributed by atoms with Gasteiger partial charge in [-0.2, -0.15) is 16.9 Å². The predicted molar refractivity (Wildman–Crippen MR) is 63.0 cm³/mol. The van der Waals surface area contributed by atoms with E-state index in [4.69, 9.17) is 0 Å². The summed E-state index contributed by atoms with van der Waals surface area (Å²) >= 11 is 1.53. The first-order valence-electron chi connectivity index (χ1n) is 5.17. The Morgan fingerprint density at radius 3 is 2.88 bits per heavy atom. The van der Waals surface area contributed by atoms with Crippen molar-refractivity contribution in [2.45, 2.75) is 12.0 Å². The number of carbonyl (C=O) groups is 2. The summed E-state index contributed by atoms with van der Waals surface area (Å²) < 4.78 is 1.42. The van der Waals surface area contributed by atoms with Gasteiger partial charge in [0.1, 0.15) is 11.2 Å². The Hall–Kier alpha value is -1.50. The molecule has 2 rings (SSSR count). The van der Waals surface area contributed by atoms with Gasteiger partial charge in [0.15, 0.2) is 0 Å². The number of amides is 1. The van der Waals surface area contributed by atoms with E-state index in [1.54, 1.807) is 13.1 Å². The maximum atomic E-state index is 11.9. The van der Waals surface area contributed by atoms with Crippen LogP contribution in [0.1, 0.15) is 16.9 Å². The minimum Gasteiger partial charge on any atom is -0.479 e. The summed E-state index contributed by atoms with van der Waals surface area (Å²) in [4.78, 5) is 23.2. The van der Waals surface area contributed by atoms with Gasteiger partial charge in [-0.1, -0.05) is 0 Å². The largest absolute Gasteiger partial charge is 0.479 e. The molecule has 0 radical (unpaired) electrons. The highest BCUT2D eigenvalue weighted by molar-refractivity contribution is 7.99. The Morgan fingerprint density at radius 1 is 1.65 bits per heavy atom. The van der Waals surface area contributed by atoms with Crippen LogP contribution in [0.25, 0.3) is 0 Å². The van der Waals surface area contributed by atoms with Crippen LogP contribution in [0.3, 0.4) is 0 Å². The fourth-order valence-electron chi connectivity index (χ4n) is 1.76. The lowest BCUT2D eigenvalue weighted by atomic mass is 9.99. The molecule has 17 heavy (non-hydrogen) atoms. The Bertz CT molecular complexity index is 451. The molecule has 1 aliphatic rings. The third-order valence-electron chi connectivity index (χ3n) is 2.84. The van der Waals surface area contributed by atoms with E-state index in [-0.39, 0.29) is 0 Å². The van der Waals surface area contributed by atoms with Crippen LogP contribution in [0, 0.1) is 0 Å². The molecule has 1 saturated heterocycles. The minimum atomic E-state index is -1.13. The summed E-state index contributed by atoms with van der Waals surface area (Å²) in [6, 6.07) is 1.56. The normalized spacial score (nSPS) is 23.6. The molecule has 92 valence electrons. The molecule has 1 atom stereocenters. The lowest BCUT2D eigenvalue weighted by Gasteiger charge is -2.24. The first-order chi connectivity index (χ1) is 8.05. The summed E-state index contributed by atoms with van der Waals surface area (Å²) in [5.74, 6) is -0.211. The highest BCUT2D eigenvalue weighted by Crippen LogP contribution is 2.28. The van der Waals surface area contributed by atoms with Gasteiger partial charge in [-0.25, -0.2) is 4.79 Å². The molecule has 0 bridgehead atoms. The molecule has 0 aromatic carbocycles. The number of carboxylic acid groups (broad SMARTS) is 1. The van der Waals surface area contributed by atoms with Gasteiger partial charge in [0, 0.05) is 19.0 Å². The van der Waals surface area contributed by atoms with Crippen molar-refractivity contribution in [1.29, 1.82) is 0 Å². The Morgan fingerprint density at radius 2 is 2.41 bits per heavy atom. The van der Waals surface area contributed by atoms with Crippen molar-refractivity contribution in [2.24, 2.45) is 7.05 Å².